The van der Waals surface area contributed by atoms with Crippen LogP contribution in [0.15, 0.2) is 18.5 Å². The summed E-state index contributed by atoms with van der Waals surface area (Å²) in [6, 6.07) is 1.30. The van der Waals surface area contributed by atoms with Gasteiger partial charge in [-0.2, -0.15) is 13.8 Å². The van der Waals surface area contributed by atoms with Crippen molar-refractivity contribution in [3.05, 3.63) is 18.5 Å². The number of halogens is 2. The van der Waals surface area contributed by atoms with Crippen LogP contribution in [-0.4, -0.2) is 46.0 Å². The number of hydrogen-bond acceptors (Lipinski definition) is 7. The summed E-state index contributed by atoms with van der Waals surface area (Å²) >= 11 is 0. The molecule has 1 fully saturated rings. The van der Waals surface area contributed by atoms with Crippen LogP contribution >= 0.6 is 0 Å². The molecule has 1 unspecified atom stereocenters. The second-order valence-electron chi connectivity index (χ2n) is 6.06. The Morgan fingerprint density at radius 2 is 1.96 bits per heavy atom. The fraction of sp³-hybridized carbons (Fsp3) is 0.533. The fourth-order valence-corrected chi connectivity index (χ4v) is 2.83. The van der Waals surface area contributed by atoms with Crippen molar-refractivity contribution in [3.8, 4) is 11.8 Å². The zero-order valence-electron chi connectivity index (χ0n) is 13.9. The predicted octanol–water partition coefficient (Wildman–Crippen LogP) is 2.17. The van der Waals surface area contributed by atoms with E-state index in [-0.39, 0.29) is 12.0 Å². The standard InChI is InChI=1S/C15H20F2N6O2/c1-8-4-18-5-9(2)14(8)24-13-7-19-6-11(21-13)20-10-3-12(23-22-10)25-15(16)17/h3,6-9,14-15,18H,4-5H2,1-2H3,(H2,20,21,22,23)/t8-,9+,14?. The Morgan fingerprint density at radius 3 is 2.68 bits per heavy atom. The van der Waals surface area contributed by atoms with E-state index in [0.29, 0.717) is 29.4 Å². The molecule has 3 heterocycles. The smallest absolute Gasteiger partial charge is 0.388 e. The molecular weight excluding hydrogens is 334 g/mol. The molecule has 0 aromatic carbocycles. The van der Waals surface area contributed by atoms with E-state index in [1.807, 2.05) is 0 Å². The van der Waals surface area contributed by atoms with Crippen LogP contribution < -0.4 is 20.1 Å². The number of rotatable bonds is 6. The molecule has 1 aliphatic heterocycles. The van der Waals surface area contributed by atoms with Crippen molar-refractivity contribution >= 4 is 11.6 Å². The van der Waals surface area contributed by atoms with E-state index < -0.39 is 6.61 Å². The summed E-state index contributed by atoms with van der Waals surface area (Å²) in [4.78, 5) is 8.45. The topological polar surface area (TPSA) is 97.0 Å². The Balaban J connectivity index is 1.66. The summed E-state index contributed by atoms with van der Waals surface area (Å²) in [7, 11) is 0. The monoisotopic (exact) mass is 354 g/mol. The molecule has 2 aromatic heterocycles. The van der Waals surface area contributed by atoms with Gasteiger partial charge in [-0.25, -0.2) is 0 Å². The van der Waals surface area contributed by atoms with Crippen molar-refractivity contribution < 1.29 is 18.3 Å². The zero-order chi connectivity index (χ0) is 17.8. The third-order valence-corrected chi connectivity index (χ3v) is 3.95. The number of alkyl halides is 2. The lowest BCUT2D eigenvalue weighted by Crippen LogP contribution is -2.47. The van der Waals surface area contributed by atoms with Crippen LogP contribution in [0.25, 0.3) is 0 Å². The largest absolute Gasteiger partial charge is 0.473 e. The molecule has 0 aliphatic carbocycles. The number of nitrogens with one attached hydrogen (secondary N) is 3. The van der Waals surface area contributed by atoms with Gasteiger partial charge in [-0.15, -0.1) is 5.10 Å². The van der Waals surface area contributed by atoms with Gasteiger partial charge in [-0.3, -0.25) is 10.1 Å². The average Bonchev–Trinajstić information content (AvgIpc) is 2.97. The number of aromatic amines is 1. The summed E-state index contributed by atoms with van der Waals surface area (Å²) in [5, 5.41) is 12.4. The maximum Gasteiger partial charge on any atom is 0.388 e. The molecule has 8 nitrogen and oxygen atoms in total. The molecule has 0 spiro atoms. The fourth-order valence-electron chi connectivity index (χ4n) is 2.83. The molecule has 3 N–H and O–H groups in total. The van der Waals surface area contributed by atoms with Crippen LogP contribution in [0.2, 0.25) is 0 Å². The molecule has 0 bridgehead atoms. The molecule has 0 amide bonds. The van der Waals surface area contributed by atoms with E-state index in [2.05, 4.69) is 49.4 Å². The minimum atomic E-state index is -2.93. The third kappa shape index (κ3) is 4.53. The van der Waals surface area contributed by atoms with Crippen molar-refractivity contribution in [2.45, 2.75) is 26.6 Å². The van der Waals surface area contributed by atoms with Gasteiger partial charge in [0.2, 0.25) is 11.8 Å². The molecule has 136 valence electrons. The van der Waals surface area contributed by atoms with Crippen molar-refractivity contribution in [3.63, 3.8) is 0 Å². The van der Waals surface area contributed by atoms with E-state index in [1.54, 1.807) is 6.20 Å². The molecule has 3 atom stereocenters. The Bertz CT molecular complexity index is 688. The molecule has 25 heavy (non-hydrogen) atoms. The number of H-pyrrole nitrogens is 1. The van der Waals surface area contributed by atoms with Gasteiger partial charge >= 0.3 is 6.61 Å². The molecule has 1 saturated heterocycles. The molecule has 1 aliphatic rings. The van der Waals surface area contributed by atoms with Crippen molar-refractivity contribution in [2.24, 2.45) is 11.8 Å². The second-order valence-corrected chi connectivity index (χ2v) is 6.06. The molecule has 0 radical (unpaired) electrons. The van der Waals surface area contributed by atoms with Gasteiger partial charge < -0.3 is 20.1 Å². The number of aromatic nitrogens is 4. The lowest BCUT2D eigenvalue weighted by molar-refractivity contribution is -0.0528. The Morgan fingerprint density at radius 1 is 1.20 bits per heavy atom. The van der Waals surface area contributed by atoms with Gasteiger partial charge in [0.15, 0.2) is 5.82 Å². The summed E-state index contributed by atoms with van der Waals surface area (Å²) in [5.74, 6) is 1.65. The average molecular weight is 354 g/mol. The normalized spacial score (nSPS) is 23.5. The van der Waals surface area contributed by atoms with Crippen molar-refractivity contribution in [1.29, 1.82) is 0 Å². The van der Waals surface area contributed by atoms with Gasteiger partial charge in [0.1, 0.15) is 11.9 Å². The van der Waals surface area contributed by atoms with Crippen LogP contribution in [0.3, 0.4) is 0 Å². The maximum atomic E-state index is 12.2. The first-order valence-electron chi connectivity index (χ1n) is 7.98. The molecule has 0 saturated carbocycles. The highest BCUT2D eigenvalue weighted by atomic mass is 19.3. The highest BCUT2D eigenvalue weighted by Crippen LogP contribution is 2.24. The number of piperidine rings is 1. The van der Waals surface area contributed by atoms with Crippen LogP contribution in [-0.2, 0) is 0 Å². The first-order valence-corrected chi connectivity index (χ1v) is 7.98. The van der Waals surface area contributed by atoms with E-state index in [9.17, 15) is 8.78 Å². The lowest BCUT2D eigenvalue weighted by Gasteiger charge is -2.34. The highest BCUT2D eigenvalue weighted by molar-refractivity contribution is 5.51. The van der Waals surface area contributed by atoms with Crippen LogP contribution in [0, 0.1) is 11.8 Å². The van der Waals surface area contributed by atoms with Crippen LogP contribution in [0.1, 0.15) is 13.8 Å². The van der Waals surface area contributed by atoms with Crippen molar-refractivity contribution in [2.75, 3.05) is 18.4 Å². The van der Waals surface area contributed by atoms with Crippen LogP contribution in [0.5, 0.6) is 11.8 Å². The first-order chi connectivity index (χ1) is 12.0. The molecule has 10 heteroatoms. The first kappa shape index (κ1) is 17.3. The summed E-state index contributed by atoms with van der Waals surface area (Å²) in [5.41, 5.74) is 0. The quantitative estimate of drug-likeness (QED) is 0.731. The number of anilines is 2. The van der Waals surface area contributed by atoms with Gasteiger partial charge in [-0.05, 0) is 0 Å². The van der Waals surface area contributed by atoms with E-state index in [4.69, 9.17) is 4.74 Å². The molecule has 2 aromatic rings. The number of nitrogens with zero attached hydrogens (tertiary/aromatic N) is 3. The van der Waals surface area contributed by atoms with Crippen LogP contribution in [0.4, 0.5) is 20.4 Å². The van der Waals surface area contributed by atoms with E-state index in [0.717, 1.165) is 13.1 Å². The highest BCUT2D eigenvalue weighted by Gasteiger charge is 2.29. The summed E-state index contributed by atoms with van der Waals surface area (Å²) < 4.78 is 34.5. The minimum absolute atomic E-state index is 0.0454. The Kier molecular flexibility index (Phi) is 5.27. The van der Waals surface area contributed by atoms with E-state index in [1.165, 1.54) is 12.3 Å². The van der Waals surface area contributed by atoms with Gasteiger partial charge in [-0.1, -0.05) is 13.8 Å². The van der Waals surface area contributed by atoms with Crippen molar-refractivity contribution in [1.82, 2.24) is 25.5 Å². The maximum absolute atomic E-state index is 12.2. The summed E-state index contributed by atoms with van der Waals surface area (Å²) in [6.45, 7) is 3.10. The molecular formula is C15H20F2N6O2. The lowest BCUT2D eigenvalue weighted by atomic mass is 9.89. The summed E-state index contributed by atoms with van der Waals surface area (Å²) in [6.07, 6.45) is 3.09. The molecule has 3 rings (SSSR count). The third-order valence-electron chi connectivity index (χ3n) is 3.95. The Hall–Kier alpha value is -2.49. The van der Waals surface area contributed by atoms with E-state index >= 15 is 0 Å². The van der Waals surface area contributed by atoms with Gasteiger partial charge in [0.05, 0.1) is 12.4 Å². The zero-order valence-corrected chi connectivity index (χ0v) is 13.9. The minimum Gasteiger partial charge on any atom is -0.473 e. The number of ether oxygens (including phenoxy) is 2. The SMILES string of the molecule is C[C@@H]1CNC[C@H](C)C1Oc1cncc(Nc2cc(OC(F)F)n[nH]2)n1. The Labute approximate surface area is 143 Å². The second kappa shape index (κ2) is 7.60. The predicted molar refractivity (Wildman–Crippen MR) is 86.1 cm³/mol. The number of hydrogen-bond donors (Lipinski definition) is 3. The van der Waals surface area contributed by atoms with Gasteiger partial charge in [0.25, 0.3) is 0 Å². The van der Waals surface area contributed by atoms with Gasteiger partial charge in [0, 0.05) is 31.0 Å².